The predicted octanol–water partition coefficient (Wildman–Crippen LogP) is 1.26. The number of benzene rings is 1. The second-order valence-corrected chi connectivity index (χ2v) is 4.13. The van der Waals surface area contributed by atoms with Crippen LogP contribution in [-0.4, -0.2) is 37.2 Å². The number of urea groups is 1. The van der Waals surface area contributed by atoms with Gasteiger partial charge in [0.15, 0.2) is 0 Å². The van der Waals surface area contributed by atoms with Gasteiger partial charge in [-0.15, -0.1) is 0 Å². The molecule has 5 heteroatoms. The van der Waals surface area contributed by atoms with Gasteiger partial charge in [0.1, 0.15) is 5.75 Å². The molecule has 1 aromatic rings. The molecule has 0 saturated carbocycles. The second kappa shape index (κ2) is 5.05. The first-order chi connectivity index (χ1) is 8.20. The molecule has 1 aliphatic rings. The van der Waals surface area contributed by atoms with Gasteiger partial charge >= 0.3 is 6.03 Å². The van der Waals surface area contributed by atoms with Gasteiger partial charge in [-0.05, 0) is 18.6 Å². The van der Waals surface area contributed by atoms with Crippen molar-refractivity contribution in [2.45, 2.75) is 12.5 Å². The monoisotopic (exact) mass is 235 g/mol. The van der Waals surface area contributed by atoms with Crippen LogP contribution in [0.5, 0.6) is 5.75 Å². The molecule has 0 radical (unpaired) electrons. The first-order valence-electron chi connectivity index (χ1n) is 5.65. The molecule has 0 aromatic heterocycles. The fourth-order valence-electron chi connectivity index (χ4n) is 1.91. The number of anilines is 1. The van der Waals surface area contributed by atoms with Crippen LogP contribution in [0.2, 0.25) is 0 Å². The fraction of sp³-hybridized carbons (Fsp3) is 0.417. The lowest BCUT2D eigenvalue weighted by Crippen LogP contribution is -2.35. The van der Waals surface area contributed by atoms with Gasteiger partial charge in [-0.25, -0.2) is 4.79 Å². The number of carbonyl (C=O) groups is 1. The van der Waals surface area contributed by atoms with Crippen LogP contribution in [-0.2, 0) is 0 Å². The maximum absolute atomic E-state index is 11.9. The third kappa shape index (κ3) is 2.68. The zero-order valence-corrected chi connectivity index (χ0v) is 9.85. The summed E-state index contributed by atoms with van der Waals surface area (Å²) in [5, 5.41) is 2.83. The number of amides is 2. The number of para-hydroxylation sites is 2. The Kier molecular flexibility index (Phi) is 3.49. The minimum absolute atomic E-state index is 0.0958. The van der Waals surface area contributed by atoms with Crippen molar-refractivity contribution in [3.63, 3.8) is 0 Å². The molecule has 1 aromatic carbocycles. The van der Waals surface area contributed by atoms with E-state index in [2.05, 4.69) is 5.32 Å². The minimum atomic E-state index is -0.123. The molecule has 1 saturated heterocycles. The van der Waals surface area contributed by atoms with E-state index in [-0.39, 0.29) is 12.1 Å². The van der Waals surface area contributed by atoms with E-state index in [0.717, 1.165) is 6.42 Å². The Morgan fingerprint density at radius 3 is 2.94 bits per heavy atom. The Morgan fingerprint density at radius 2 is 2.29 bits per heavy atom. The van der Waals surface area contributed by atoms with E-state index in [1.54, 1.807) is 12.0 Å². The molecule has 1 atom stereocenters. The number of hydrogen-bond acceptors (Lipinski definition) is 3. The summed E-state index contributed by atoms with van der Waals surface area (Å²) in [6.07, 6.45) is 0.860. The number of ether oxygens (including phenoxy) is 1. The fourth-order valence-corrected chi connectivity index (χ4v) is 1.91. The zero-order valence-electron chi connectivity index (χ0n) is 9.85. The normalized spacial score (nSPS) is 19.2. The molecule has 92 valence electrons. The van der Waals surface area contributed by atoms with Gasteiger partial charge in [0.2, 0.25) is 0 Å². The van der Waals surface area contributed by atoms with Gasteiger partial charge < -0.3 is 20.7 Å². The highest BCUT2D eigenvalue weighted by molar-refractivity contribution is 5.91. The molecular formula is C12H17N3O2. The Hall–Kier alpha value is -1.75. The number of methoxy groups -OCH3 is 1. The second-order valence-electron chi connectivity index (χ2n) is 4.13. The average Bonchev–Trinajstić information content (AvgIpc) is 2.77. The summed E-state index contributed by atoms with van der Waals surface area (Å²) in [5.74, 6) is 0.657. The number of nitrogens with one attached hydrogen (secondary N) is 1. The minimum Gasteiger partial charge on any atom is -0.495 e. The van der Waals surface area contributed by atoms with Gasteiger partial charge in [-0.1, -0.05) is 12.1 Å². The van der Waals surface area contributed by atoms with Crippen molar-refractivity contribution >= 4 is 11.7 Å². The third-order valence-corrected chi connectivity index (χ3v) is 2.86. The molecule has 0 unspecified atom stereocenters. The lowest BCUT2D eigenvalue weighted by atomic mass is 10.3. The topological polar surface area (TPSA) is 67.6 Å². The van der Waals surface area contributed by atoms with E-state index in [1.165, 1.54) is 0 Å². The highest BCUT2D eigenvalue weighted by Gasteiger charge is 2.23. The van der Waals surface area contributed by atoms with E-state index in [0.29, 0.717) is 24.5 Å². The number of likely N-dealkylation sites (tertiary alicyclic amines) is 1. The number of nitrogens with zero attached hydrogens (tertiary/aromatic N) is 1. The molecule has 17 heavy (non-hydrogen) atoms. The van der Waals surface area contributed by atoms with Crippen molar-refractivity contribution in [3.8, 4) is 5.75 Å². The van der Waals surface area contributed by atoms with Gasteiger partial charge in [0, 0.05) is 19.1 Å². The quantitative estimate of drug-likeness (QED) is 0.811. The van der Waals surface area contributed by atoms with Crippen molar-refractivity contribution in [3.05, 3.63) is 24.3 Å². The van der Waals surface area contributed by atoms with Gasteiger partial charge in [0.05, 0.1) is 12.8 Å². The molecule has 0 spiro atoms. The molecule has 1 heterocycles. The first-order valence-corrected chi connectivity index (χ1v) is 5.65. The van der Waals surface area contributed by atoms with E-state index in [4.69, 9.17) is 10.5 Å². The van der Waals surface area contributed by atoms with Crippen molar-refractivity contribution in [1.82, 2.24) is 4.90 Å². The summed E-state index contributed by atoms with van der Waals surface area (Å²) in [7, 11) is 1.58. The maximum Gasteiger partial charge on any atom is 0.322 e. The van der Waals surface area contributed by atoms with Gasteiger partial charge in [-0.2, -0.15) is 0 Å². The highest BCUT2D eigenvalue weighted by Crippen LogP contribution is 2.23. The summed E-state index contributed by atoms with van der Waals surface area (Å²) in [6, 6.07) is 7.31. The summed E-state index contributed by atoms with van der Waals surface area (Å²) < 4.78 is 5.17. The van der Waals surface area contributed by atoms with E-state index in [9.17, 15) is 4.79 Å². The molecule has 5 nitrogen and oxygen atoms in total. The lowest BCUT2D eigenvalue weighted by molar-refractivity contribution is 0.222. The predicted molar refractivity (Wildman–Crippen MR) is 66.2 cm³/mol. The first kappa shape index (κ1) is 11.7. The number of carbonyl (C=O) groups excluding carboxylic acids is 1. The Bertz CT molecular complexity index is 408. The Morgan fingerprint density at radius 1 is 1.53 bits per heavy atom. The van der Waals surface area contributed by atoms with Crippen LogP contribution in [0.1, 0.15) is 6.42 Å². The molecule has 3 N–H and O–H groups in total. The molecule has 0 aliphatic carbocycles. The standard InChI is InChI=1S/C12H17N3O2/c1-17-11-5-3-2-4-10(11)14-12(16)15-7-6-9(13)8-15/h2-5,9H,6-8,13H2,1H3,(H,14,16)/t9-/m0/s1. The van der Waals surface area contributed by atoms with Crippen LogP contribution < -0.4 is 15.8 Å². The summed E-state index contributed by atoms with van der Waals surface area (Å²) in [6.45, 7) is 1.32. The summed E-state index contributed by atoms with van der Waals surface area (Å²) in [4.78, 5) is 13.7. The van der Waals surface area contributed by atoms with Crippen LogP contribution in [0.4, 0.5) is 10.5 Å². The number of rotatable bonds is 2. The van der Waals surface area contributed by atoms with Gasteiger partial charge in [0.25, 0.3) is 0 Å². The smallest absolute Gasteiger partial charge is 0.322 e. The average molecular weight is 235 g/mol. The van der Waals surface area contributed by atoms with Crippen molar-refractivity contribution < 1.29 is 9.53 Å². The van der Waals surface area contributed by atoms with Crippen molar-refractivity contribution in [2.75, 3.05) is 25.5 Å². The summed E-state index contributed by atoms with van der Waals surface area (Å²) >= 11 is 0. The van der Waals surface area contributed by atoms with E-state index in [1.807, 2.05) is 24.3 Å². The van der Waals surface area contributed by atoms with Crippen LogP contribution in [0.15, 0.2) is 24.3 Å². The number of hydrogen-bond donors (Lipinski definition) is 2. The van der Waals surface area contributed by atoms with Gasteiger partial charge in [-0.3, -0.25) is 0 Å². The van der Waals surface area contributed by atoms with E-state index < -0.39 is 0 Å². The van der Waals surface area contributed by atoms with Crippen LogP contribution in [0.25, 0.3) is 0 Å². The molecular weight excluding hydrogens is 218 g/mol. The molecule has 0 bridgehead atoms. The molecule has 1 aliphatic heterocycles. The summed E-state index contributed by atoms with van der Waals surface area (Å²) in [5.41, 5.74) is 6.45. The van der Waals surface area contributed by atoms with E-state index >= 15 is 0 Å². The zero-order chi connectivity index (χ0) is 12.3. The van der Waals surface area contributed by atoms with Crippen LogP contribution in [0, 0.1) is 0 Å². The Labute approximate surface area is 101 Å². The van der Waals surface area contributed by atoms with Crippen LogP contribution in [0.3, 0.4) is 0 Å². The third-order valence-electron chi connectivity index (χ3n) is 2.86. The maximum atomic E-state index is 11.9. The highest BCUT2D eigenvalue weighted by atomic mass is 16.5. The van der Waals surface area contributed by atoms with Crippen LogP contribution >= 0.6 is 0 Å². The molecule has 2 amide bonds. The molecule has 2 rings (SSSR count). The number of nitrogens with two attached hydrogens (primary N) is 1. The van der Waals surface area contributed by atoms with Crippen molar-refractivity contribution in [2.24, 2.45) is 5.73 Å². The molecule has 1 fully saturated rings. The Balaban J connectivity index is 2.03. The SMILES string of the molecule is COc1ccccc1NC(=O)N1CC[C@H](N)C1. The largest absolute Gasteiger partial charge is 0.495 e. The lowest BCUT2D eigenvalue weighted by Gasteiger charge is -2.17. The van der Waals surface area contributed by atoms with Crippen molar-refractivity contribution in [1.29, 1.82) is 0 Å².